The van der Waals surface area contributed by atoms with Gasteiger partial charge in [-0.05, 0) is 50.8 Å². The first-order valence-corrected chi connectivity index (χ1v) is 11.0. The topological polar surface area (TPSA) is 90.9 Å². The number of benzene rings is 1. The minimum atomic E-state index is -1.03. The van der Waals surface area contributed by atoms with Crippen LogP contribution in [0, 0.1) is 5.82 Å². The summed E-state index contributed by atoms with van der Waals surface area (Å²) in [6, 6.07) is 4.55. The third kappa shape index (κ3) is 6.20. The zero-order chi connectivity index (χ0) is 21.8. The molecule has 9 heteroatoms. The average molecular weight is 438 g/mol. The first kappa shape index (κ1) is 22.6. The third-order valence-electron chi connectivity index (χ3n) is 4.83. The number of amides is 3. The summed E-state index contributed by atoms with van der Waals surface area (Å²) in [5.74, 6) is 0.287. The number of hydrogen-bond acceptors (Lipinski definition) is 6. The van der Waals surface area contributed by atoms with Crippen molar-refractivity contribution < 1.29 is 23.8 Å². The maximum Gasteiger partial charge on any atom is 0.324 e. The molecule has 3 N–H and O–H groups in total. The summed E-state index contributed by atoms with van der Waals surface area (Å²) in [4.78, 5) is 24.0. The molecule has 0 radical (unpaired) electrons. The Hall–Kier alpha value is -2.10. The number of imide groups is 1. The third-order valence-corrected chi connectivity index (χ3v) is 5.80. The van der Waals surface area contributed by atoms with Crippen molar-refractivity contribution in [3.63, 3.8) is 0 Å². The molecule has 1 saturated carbocycles. The van der Waals surface area contributed by atoms with Crippen molar-refractivity contribution in [2.24, 2.45) is 0 Å². The van der Waals surface area contributed by atoms with Gasteiger partial charge in [0.1, 0.15) is 13.2 Å². The van der Waals surface area contributed by atoms with Gasteiger partial charge in [0.15, 0.2) is 11.6 Å². The van der Waals surface area contributed by atoms with Crippen LogP contribution >= 0.6 is 11.9 Å². The van der Waals surface area contributed by atoms with Crippen LogP contribution in [0.3, 0.4) is 0 Å². The predicted octanol–water partition coefficient (Wildman–Crippen LogP) is 2.70. The van der Waals surface area contributed by atoms with Crippen LogP contribution in [0.1, 0.15) is 38.7 Å². The fraction of sp³-hybridized carbons (Fsp3) is 0.524. The lowest BCUT2D eigenvalue weighted by Crippen LogP contribution is -2.28. The number of ether oxygens (including phenoxy) is 1. The van der Waals surface area contributed by atoms with Crippen LogP contribution in [0.25, 0.3) is 0 Å². The van der Waals surface area contributed by atoms with Gasteiger partial charge < -0.3 is 14.7 Å². The van der Waals surface area contributed by atoms with Gasteiger partial charge in [-0.15, -0.1) is 0 Å². The number of hydrogen-bond donors (Lipinski definition) is 3. The van der Waals surface area contributed by atoms with E-state index in [-0.39, 0.29) is 36.4 Å². The maximum atomic E-state index is 14.0. The largest absolute Gasteiger partial charge is 0.488 e. The molecule has 1 heterocycles. The van der Waals surface area contributed by atoms with E-state index in [1.165, 1.54) is 11.0 Å². The second kappa shape index (κ2) is 9.36. The second-order valence-electron chi connectivity index (χ2n) is 8.27. The number of allylic oxidation sites excluding steroid dienone is 1. The molecule has 0 unspecified atom stereocenters. The Labute approximate surface area is 180 Å². The molecule has 0 spiro atoms. The molecule has 164 valence electrons. The van der Waals surface area contributed by atoms with E-state index in [1.807, 2.05) is 12.2 Å². The predicted molar refractivity (Wildman–Crippen MR) is 114 cm³/mol. The number of halogens is 1. The molecule has 3 amide bonds. The zero-order valence-electron chi connectivity index (χ0n) is 17.2. The van der Waals surface area contributed by atoms with Gasteiger partial charge >= 0.3 is 6.03 Å². The lowest BCUT2D eigenvalue weighted by atomic mass is 10.1. The van der Waals surface area contributed by atoms with E-state index in [4.69, 9.17) is 4.74 Å². The number of carbonyl (C=O) groups is 2. The quantitative estimate of drug-likeness (QED) is 0.213. The number of rotatable bonds is 11. The highest BCUT2D eigenvalue weighted by Gasteiger charge is 2.44. The smallest absolute Gasteiger partial charge is 0.324 e. The normalized spacial score (nSPS) is 18.2. The van der Waals surface area contributed by atoms with Crippen molar-refractivity contribution in [2.75, 3.05) is 25.4 Å². The van der Waals surface area contributed by atoms with Crippen LogP contribution in [0.2, 0.25) is 0 Å². The van der Waals surface area contributed by atoms with Gasteiger partial charge in [0.2, 0.25) is 5.91 Å². The van der Waals surface area contributed by atoms with E-state index in [2.05, 4.69) is 10.0 Å². The number of aliphatic hydroxyl groups is 1. The molecule has 2 fully saturated rings. The Balaban J connectivity index is 1.43. The molecule has 0 atom stereocenters. The summed E-state index contributed by atoms with van der Waals surface area (Å²) < 4.78 is 23.0. The van der Waals surface area contributed by atoms with Gasteiger partial charge in [0.05, 0.1) is 11.1 Å². The summed E-state index contributed by atoms with van der Waals surface area (Å²) >= 11 is 1.61. The molecule has 1 saturated heterocycles. The molecule has 2 aliphatic rings. The van der Waals surface area contributed by atoms with E-state index >= 15 is 0 Å². The van der Waals surface area contributed by atoms with Gasteiger partial charge in [0.25, 0.3) is 0 Å². The molecule has 1 aliphatic carbocycles. The van der Waals surface area contributed by atoms with Crippen molar-refractivity contribution in [3.05, 3.63) is 41.7 Å². The lowest BCUT2D eigenvalue weighted by Gasteiger charge is -2.21. The summed E-state index contributed by atoms with van der Waals surface area (Å²) in [6.45, 7) is 3.78. The zero-order valence-corrected chi connectivity index (χ0v) is 18.1. The van der Waals surface area contributed by atoms with Gasteiger partial charge in [-0.25, -0.2) is 9.18 Å². The average Bonchev–Trinajstić information content (AvgIpc) is 3.38. The Morgan fingerprint density at radius 3 is 2.77 bits per heavy atom. The summed E-state index contributed by atoms with van der Waals surface area (Å²) in [5.41, 5.74) is -0.236. The molecule has 1 aliphatic heterocycles. The van der Waals surface area contributed by atoms with Gasteiger partial charge in [-0.3, -0.25) is 14.8 Å². The lowest BCUT2D eigenvalue weighted by molar-refractivity contribution is -0.118. The molecular weight excluding hydrogens is 409 g/mol. The second-order valence-corrected chi connectivity index (χ2v) is 9.17. The molecule has 0 bridgehead atoms. The van der Waals surface area contributed by atoms with Gasteiger partial charge in [-0.2, -0.15) is 0 Å². The molecule has 30 heavy (non-hydrogen) atoms. The maximum absolute atomic E-state index is 14.0. The summed E-state index contributed by atoms with van der Waals surface area (Å²) in [6.07, 6.45) is 6.62. The van der Waals surface area contributed by atoms with Crippen molar-refractivity contribution >= 4 is 23.9 Å². The summed E-state index contributed by atoms with van der Waals surface area (Å²) in [5, 5.41) is 12.0. The number of nitrogens with one attached hydrogen (secondary N) is 2. The van der Waals surface area contributed by atoms with E-state index in [0.29, 0.717) is 6.54 Å². The molecule has 3 rings (SSSR count). The fourth-order valence-corrected chi connectivity index (χ4v) is 3.96. The fourth-order valence-electron chi connectivity index (χ4n) is 3.01. The highest BCUT2D eigenvalue weighted by atomic mass is 32.2. The Morgan fingerprint density at radius 2 is 2.13 bits per heavy atom. The van der Waals surface area contributed by atoms with Crippen LogP contribution in [-0.2, 0) is 10.3 Å². The Bertz CT molecular complexity index is 821. The molecule has 0 aromatic heterocycles. The first-order valence-electron chi connectivity index (χ1n) is 9.96. The van der Waals surface area contributed by atoms with Crippen LogP contribution in [0.5, 0.6) is 5.75 Å². The Morgan fingerprint density at radius 1 is 1.37 bits per heavy atom. The van der Waals surface area contributed by atoms with Crippen molar-refractivity contribution in [1.29, 1.82) is 0 Å². The Kier molecular flexibility index (Phi) is 7.05. The number of urea groups is 1. The molecule has 7 nitrogen and oxygen atoms in total. The van der Waals surface area contributed by atoms with Gasteiger partial charge in [-0.1, -0.05) is 30.2 Å². The van der Waals surface area contributed by atoms with Crippen molar-refractivity contribution in [2.45, 2.75) is 44.2 Å². The van der Waals surface area contributed by atoms with Gasteiger partial charge in [0, 0.05) is 12.3 Å². The molecular formula is C21H28FN3O4S. The van der Waals surface area contributed by atoms with E-state index < -0.39 is 11.4 Å². The van der Waals surface area contributed by atoms with Crippen molar-refractivity contribution in [1.82, 2.24) is 14.9 Å². The first-order chi connectivity index (χ1) is 14.2. The minimum Gasteiger partial charge on any atom is -0.488 e. The van der Waals surface area contributed by atoms with Crippen LogP contribution in [0.15, 0.2) is 30.4 Å². The van der Waals surface area contributed by atoms with Crippen molar-refractivity contribution in [3.8, 4) is 5.75 Å². The van der Waals surface area contributed by atoms with Crippen LogP contribution in [-0.4, -0.2) is 53.0 Å². The highest BCUT2D eigenvalue weighted by molar-refractivity contribution is 7.97. The highest BCUT2D eigenvalue weighted by Crippen LogP contribution is 2.47. The molecule has 1 aromatic rings. The molecule has 1 aromatic carbocycles. The van der Waals surface area contributed by atoms with E-state index in [1.54, 1.807) is 37.9 Å². The van der Waals surface area contributed by atoms with E-state index in [9.17, 15) is 19.1 Å². The van der Waals surface area contributed by atoms with E-state index in [0.717, 1.165) is 30.6 Å². The van der Waals surface area contributed by atoms with Crippen LogP contribution in [0.4, 0.5) is 9.18 Å². The monoisotopic (exact) mass is 437 g/mol. The SMILES string of the molecule is CC(C)(O)COc1cc(C2(NSCC/C=C/CN3CC(=O)NC3=O)CC2)ccc1F. The number of carbonyl (C=O) groups excluding carboxylic acids is 2. The summed E-state index contributed by atoms with van der Waals surface area (Å²) in [7, 11) is 0. The number of nitrogens with zero attached hydrogens (tertiary/aromatic N) is 1. The minimum absolute atomic E-state index is 0.0160. The standard InChI is InChI=1S/C21H28FN3O4S/c1-20(2,28)14-29-17-12-15(6-7-16(17)22)21(8-9-21)24-30-11-5-3-4-10-25-13-18(26)23-19(25)27/h3-4,6-7,12,24,28H,5,8-11,13-14H2,1-2H3,(H,23,26,27)/b4-3+. The van der Waals surface area contributed by atoms with Crippen LogP contribution < -0.4 is 14.8 Å².